The van der Waals surface area contributed by atoms with Gasteiger partial charge in [0.2, 0.25) is 0 Å². The Kier molecular flexibility index (Phi) is 4.69. The first-order chi connectivity index (χ1) is 11.1. The summed E-state index contributed by atoms with van der Waals surface area (Å²) in [6, 6.07) is 11.4. The molecule has 4 heteroatoms. The number of aryl methyl sites for hydroxylation is 1. The number of halogens is 1. The van der Waals surface area contributed by atoms with E-state index >= 15 is 0 Å². The largest absolute Gasteiger partial charge is 0.423 e. The third-order valence-electron chi connectivity index (χ3n) is 4.32. The van der Waals surface area contributed by atoms with Crippen LogP contribution in [0.25, 0.3) is 0 Å². The van der Waals surface area contributed by atoms with Crippen LogP contribution in [0.15, 0.2) is 36.4 Å². The smallest absolute Gasteiger partial charge is 0.344 e. The van der Waals surface area contributed by atoms with Gasteiger partial charge in [-0.25, -0.2) is 4.79 Å². The van der Waals surface area contributed by atoms with Crippen molar-refractivity contribution in [1.29, 1.82) is 0 Å². The van der Waals surface area contributed by atoms with Crippen LogP contribution in [0, 0.1) is 13.8 Å². The van der Waals surface area contributed by atoms with E-state index < -0.39 is 0 Å². The Morgan fingerprint density at radius 2 is 2.00 bits per heavy atom. The van der Waals surface area contributed by atoms with Crippen molar-refractivity contribution in [2.45, 2.75) is 32.7 Å². The average molecular weight is 330 g/mol. The summed E-state index contributed by atoms with van der Waals surface area (Å²) in [7, 11) is 0. The van der Waals surface area contributed by atoms with Crippen LogP contribution < -0.4 is 10.1 Å². The zero-order valence-corrected chi connectivity index (χ0v) is 14.1. The molecule has 0 aromatic heterocycles. The zero-order valence-electron chi connectivity index (χ0n) is 13.4. The van der Waals surface area contributed by atoms with Gasteiger partial charge in [-0.2, -0.15) is 0 Å². The topological polar surface area (TPSA) is 38.3 Å². The van der Waals surface area contributed by atoms with Crippen LogP contribution >= 0.6 is 11.6 Å². The highest BCUT2D eigenvalue weighted by atomic mass is 35.5. The standard InChI is InChI=1S/C19H20ClNO2/c1-12-11-15(16-9-6-10-21-16)18(20)13(2)17(12)19(22)23-14-7-4-3-5-8-14/h3-5,7-8,11,16,21H,6,9-10H2,1-2H3. The number of nitrogens with one attached hydrogen (secondary N) is 1. The third-order valence-corrected chi connectivity index (χ3v) is 4.82. The summed E-state index contributed by atoms with van der Waals surface area (Å²) in [5.41, 5.74) is 3.32. The van der Waals surface area contributed by atoms with E-state index in [4.69, 9.17) is 16.3 Å². The van der Waals surface area contributed by atoms with Gasteiger partial charge in [-0.15, -0.1) is 0 Å². The minimum absolute atomic E-state index is 0.277. The monoisotopic (exact) mass is 329 g/mol. The SMILES string of the molecule is Cc1cc(C2CCCN2)c(Cl)c(C)c1C(=O)Oc1ccccc1. The van der Waals surface area contributed by atoms with Gasteiger partial charge in [0.1, 0.15) is 5.75 Å². The van der Waals surface area contributed by atoms with Crippen molar-refractivity contribution in [3.63, 3.8) is 0 Å². The van der Waals surface area contributed by atoms with Crippen LogP contribution in [0.4, 0.5) is 0 Å². The summed E-state index contributed by atoms with van der Waals surface area (Å²) in [4.78, 5) is 12.5. The van der Waals surface area contributed by atoms with E-state index in [0.717, 1.165) is 36.1 Å². The Morgan fingerprint density at radius 3 is 2.65 bits per heavy atom. The van der Waals surface area contributed by atoms with E-state index in [1.807, 2.05) is 38.1 Å². The molecule has 0 spiro atoms. The minimum Gasteiger partial charge on any atom is -0.423 e. The molecule has 1 aliphatic rings. The number of para-hydroxylation sites is 1. The number of carbonyl (C=O) groups is 1. The molecule has 0 aliphatic carbocycles. The van der Waals surface area contributed by atoms with Crippen molar-refractivity contribution in [3.8, 4) is 5.75 Å². The van der Waals surface area contributed by atoms with Crippen LogP contribution in [0.3, 0.4) is 0 Å². The molecule has 0 saturated carbocycles. The summed E-state index contributed by atoms with van der Waals surface area (Å²) in [5, 5.41) is 4.12. The maximum Gasteiger partial charge on any atom is 0.344 e. The van der Waals surface area contributed by atoms with Crippen molar-refractivity contribution in [2.24, 2.45) is 0 Å². The number of esters is 1. The highest BCUT2D eigenvalue weighted by Gasteiger charge is 2.24. The third kappa shape index (κ3) is 3.26. The van der Waals surface area contributed by atoms with Gasteiger partial charge in [0, 0.05) is 11.1 Å². The molecule has 1 N–H and O–H groups in total. The Balaban J connectivity index is 1.93. The molecule has 1 aliphatic heterocycles. The van der Waals surface area contributed by atoms with Crippen LogP contribution in [0.2, 0.25) is 5.02 Å². The fourth-order valence-corrected chi connectivity index (χ4v) is 3.44. The van der Waals surface area contributed by atoms with E-state index in [1.165, 1.54) is 0 Å². The number of rotatable bonds is 3. The lowest BCUT2D eigenvalue weighted by atomic mass is 9.95. The maximum absolute atomic E-state index is 12.5. The van der Waals surface area contributed by atoms with Gasteiger partial charge in [-0.1, -0.05) is 35.9 Å². The lowest BCUT2D eigenvalue weighted by Crippen LogP contribution is -2.17. The number of carbonyl (C=O) groups excluding carboxylic acids is 1. The molecular formula is C19H20ClNO2. The molecule has 2 aromatic rings. The van der Waals surface area contributed by atoms with Crippen molar-refractivity contribution >= 4 is 17.6 Å². The van der Waals surface area contributed by atoms with E-state index in [2.05, 4.69) is 5.32 Å². The van der Waals surface area contributed by atoms with Gasteiger partial charge in [0.05, 0.1) is 5.56 Å². The maximum atomic E-state index is 12.5. The van der Waals surface area contributed by atoms with Crippen molar-refractivity contribution in [3.05, 3.63) is 63.7 Å². The lowest BCUT2D eigenvalue weighted by Gasteiger charge is -2.18. The predicted molar refractivity (Wildman–Crippen MR) is 92.3 cm³/mol. The Bertz CT molecular complexity index is 722. The summed E-state index contributed by atoms with van der Waals surface area (Å²) in [5.74, 6) is 0.174. The van der Waals surface area contributed by atoms with Crippen molar-refractivity contribution in [2.75, 3.05) is 6.54 Å². The molecule has 1 saturated heterocycles. The highest BCUT2D eigenvalue weighted by molar-refractivity contribution is 6.32. The normalized spacial score (nSPS) is 17.3. The van der Waals surface area contributed by atoms with Crippen LogP contribution in [0.1, 0.15) is 45.9 Å². The Labute approximate surface area is 141 Å². The van der Waals surface area contributed by atoms with Gasteiger partial charge in [-0.05, 0) is 62.1 Å². The molecule has 3 rings (SSSR count). The van der Waals surface area contributed by atoms with E-state index in [9.17, 15) is 4.79 Å². The Hall–Kier alpha value is -1.84. The van der Waals surface area contributed by atoms with Gasteiger partial charge in [-0.3, -0.25) is 0 Å². The van der Waals surface area contributed by atoms with Gasteiger partial charge >= 0.3 is 5.97 Å². The van der Waals surface area contributed by atoms with Crippen LogP contribution in [-0.4, -0.2) is 12.5 Å². The first-order valence-corrected chi connectivity index (χ1v) is 8.26. The minimum atomic E-state index is -0.362. The summed E-state index contributed by atoms with van der Waals surface area (Å²) < 4.78 is 5.47. The van der Waals surface area contributed by atoms with Crippen molar-refractivity contribution < 1.29 is 9.53 Å². The van der Waals surface area contributed by atoms with Crippen LogP contribution in [0.5, 0.6) is 5.75 Å². The fraction of sp³-hybridized carbons (Fsp3) is 0.316. The molecule has 2 aromatic carbocycles. The van der Waals surface area contributed by atoms with Gasteiger partial charge in [0.25, 0.3) is 0 Å². The second-order valence-corrected chi connectivity index (χ2v) is 6.33. The summed E-state index contributed by atoms with van der Waals surface area (Å²) >= 11 is 6.55. The summed E-state index contributed by atoms with van der Waals surface area (Å²) in [6.45, 7) is 4.83. The second kappa shape index (κ2) is 6.73. The van der Waals surface area contributed by atoms with Gasteiger partial charge < -0.3 is 10.1 Å². The number of hydrogen-bond acceptors (Lipinski definition) is 3. The fourth-order valence-electron chi connectivity index (χ4n) is 3.16. The zero-order chi connectivity index (χ0) is 16.4. The quantitative estimate of drug-likeness (QED) is 0.660. The van der Waals surface area contributed by atoms with E-state index in [1.54, 1.807) is 12.1 Å². The molecule has 3 nitrogen and oxygen atoms in total. The van der Waals surface area contributed by atoms with E-state index in [-0.39, 0.29) is 12.0 Å². The Morgan fingerprint density at radius 1 is 1.26 bits per heavy atom. The predicted octanol–water partition coefficient (Wildman–Crippen LogP) is 4.60. The first-order valence-electron chi connectivity index (χ1n) is 7.88. The molecule has 1 atom stereocenters. The molecule has 0 bridgehead atoms. The summed E-state index contributed by atoms with van der Waals surface area (Å²) in [6.07, 6.45) is 2.23. The van der Waals surface area contributed by atoms with Crippen molar-refractivity contribution in [1.82, 2.24) is 5.32 Å². The molecule has 23 heavy (non-hydrogen) atoms. The first kappa shape index (κ1) is 16.0. The molecule has 120 valence electrons. The lowest BCUT2D eigenvalue weighted by molar-refractivity contribution is 0.0733. The molecule has 0 radical (unpaired) electrons. The molecule has 1 heterocycles. The van der Waals surface area contributed by atoms with E-state index in [0.29, 0.717) is 16.3 Å². The molecule has 1 unspecified atom stereocenters. The second-order valence-electron chi connectivity index (χ2n) is 5.95. The van der Waals surface area contributed by atoms with Crippen LogP contribution in [-0.2, 0) is 0 Å². The molecular weight excluding hydrogens is 310 g/mol. The highest BCUT2D eigenvalue weighted by Crippen LogP contribution is 2.35. The molecule has 0 amide bonds. The number of benzene rings is 2. The average Bonchev–Trinajstić information content (AvgIpc) is 3.06. The number of hydrogen-bond donors (Lipinski definition) is 1. The molecule has 1 fully saturated rings. The van der Waals surface area contributed by atoms with Gasteiger partial charge in [0.15, 0.2) is 0 Å². The number of ether oxygens (including phenoxy) is 1.